The van der Waals surface area contributed by atoms with Gasteiger partial charge in [-0.2, -0.15) is 5.10 Å². The highest BCUT2D eigenvalue weighted by Crippen LogP contribution is 2.12. The Morgan fingerprint density at radius 3 is 2.74 bits per heavy atom. The van der Waals surface area contributed by atoms with Crippen molar-refractivity contribution in [2.24, 2.45) is 5.10 Å². The molecular weight excluding hydrogens is 366 g/mol. The molecule has 1 heterocycles. The molecule has 27 heavy (non-hydrogen) atoms. The highest BCUT2D eigenvalue weighted by atomic mass is 35.5. The first-order valence-corrected chi connectivity index (χ1v) is 8.26. The molecule has 0 fully saturated rings. The summed E-state index contributed by atoms with van der Waals surface area (Å²) in [6.07, 6.45) is 3.14. The van der Waals surface area contributed by atoms with Crippen LogP contribution in [0.2, 0.25) is 0 Å². The highest BCUT2D eigenvalue weighted by molar-refractivity contribution is 5.88. The summed E-state index contributed by atoms with van der Waals surface area (Å²) in [6, 6.07) is 14.5. The van der Waals surface area contributed by atoms with Crippen LogP contribution in [-0.4, -0.2) is 18.2 Å². The van der Waals surface area contributed by atoms with Crippen LogP contribution in [0, 0.1) is 6.92 Å². The number of amides is 1. The maximum Gasteiger partial charge on any atom is 0.298 e. The first-order valence-electron chi connectivity index (χ1n) is 8.26. The number of fused-ring (bicyclic) bond motifs is 1. The van der Waals surface area contributed by atoms with Crippen molar-refractivity contribution in [2.45, 2.75) is 19.4 Å². The predicted octanol–water partition coefficient (Wildman–Crippen LogP) is -1.59. The van der Waals surface area contributed by atoms with Crippen molar-refractivity contribution in [3.8, 4) is 0 Å². The average Bonchev–Trinajstić information content (AvgIpc) is 2.64. The van der Waals surface area contributed by atoms with Crippen LogP contribution in [0.15, 0.2) is 69.1 Å². The summed E-state index contributed by atoms with van der Waals surface area (Å²) >= 11 is 0. The molecule has 0 unspecified atom stereocenters. The molecule has 1 atom stereocenters. The fourth-order valence-electron chi connectivity index (χ4n) is 2.60. The standard InChI is InChI=1S/C20H19N3O3.ClH/c1-13-7-8-18-16(9-13)19(24)15(12-26-18)11-22-23-20(25)17(21)10-14-5-3-2-4-6-14;/h2-9,11-12,17H,10,21H2,1H3,(H,23,25);1H/t17-;/m0./s1. The molecule has 1 amide bonds. The number of aryl methyl sites for hydroxylation is 1. The lowest BCUT2D eigenvalue weighted by atomic mass is 10.1. The largest absolute Gasteiger partial charge is 1.00 e. The van der Waals surface area contributed by atoms with E-state index in [1.165, 1.54) is 12.5 Å². The van der Waals surface area contributed by atoms with Crippen molar-refractivity contribution >= 4 is 23.1 Å². The number of nitrogens with zero attached hydrogens (tertiary/aromatic N) is 1. The number of hydrazone groups is 1. The first-order chi connectivity index (χ1) is 12.5. The second kappa shape index (κ2) is 9.12. The number of nitrogens with one attached hydrogen (secondary N) is 1. The molecule has 1 aromatic heterocycles. The van der Waals surface area contributed by atoms with Crippen molar-refractivity contribution in [3.63, 3.8) is 0 Å². The normalized spacial score (nSPS) is 11.9. The highest BCUT2D eigenvalue weighted by Gasteiger charge is 2.17. The molecule has 0 aliphatic heterocycles. The number of halogens is 1. The smallest absolute Gasteiger partial charge is 0.298 e. The van der Waals surface area contributed by atoms with Crippen LogP contribution in [0.25, 0.3) is 11.0 Å². The molecule has 3 aromatic rings. The van der Waals surface area contributed by atoms with Crippen LogP contribution < -0.4 is 29.0 Å². The molecule has 0 spiro atoms. The molecule has 4 N–H and O–H groups in total. The topological polar surface area (TPSA) is 99.3 Å². The Morgan fingerprint density at radius 1 is 1.26 bits per heavy atom. The van der Waals surface area contributed by atoms with Gasteiger partial charge in [-0.1, -0.05) is 42.0 Å². The number of hydrogen-bond donors (Lipinski definition) is 2. The van der Waals surface area contributed by atoms with Crippen LogP contribution >= 0.6 is 0 Å². The van der Waals surface area contributed by atoms with Gasteiger partial charge in [0.05, 0.1) is 17.2 Å². The van der Waals surface area contributed by atoms with Crippen LogP contribution in [0.1, 0.15) is 16.7 Å². The number of quaternary nitrogens is 1. The molecule has 0 aliphatic rings. The van der Waals surface area contributed by atoms with E-state index in [9.17, 15) is 9.59 Å². The Bertz CT molecular complexity index is 1020. The summed E-state index contributed by atoms with van der Waals surface area (Å²) in [4.78, 5) is 24.5. The lowest BCUT2D eigenvalue weighted by molar-refractivity contribution is -0.403. The summed E-state index contributed by atoms with van der Waals surface area (Å²) < 4.78 is 5.45. The van der Waals surface area contributed by atoms with Crippen molar-refractivity contribution < 1.29 is 27.4 Å². The number of benzene rings is 2. The van der Waals surface area contributed by atoms with Gasteiger partial charge in [0.1, 0.15) is 11.8 Å². The Morgan fingerprint density at radius 2 is 2.00 bits per heavy atom. The third-order valence-corrected chi connectivity index (χ3v) is 4.03. The minimum atomic E-state index is -0.481. The van der Waals surface area contributed by atoms with Gasteiger partial charge < -0.3 is 22.6 Å². The van der Waals surface area contributed by atoms with E-state index in [4.69, 9.17) is 4.42 Å². The van der Waals surface area contributed by atoms with Crippen LogP contribution in [0.5, 0.6) is 0 Å². The van der Waals surface area contributed by atoms with Gasteiger partial charge in [-0.25, -0.2) is 5.43 Å². The predicted molar refractivity (Wildman–Crippen MR) is 99.8 cm³/mol. The van der Waals surface area contributed by atoms with Gasteiger partial charge in [-0.05, 0) is 24.6 Å². The number of carbonyl (C=O) groups is 1. The van der Waals surface area contributed by atoms with E-state index in [1.807, 2.05) is 43.3 Å². The maximum atomic E-state index is 12.5. The van der Waals surface area contributed by atoms with Gasteiger partial charge in [0.25, 0.3) is 5.91 Å². The summed E-state index contributed by atoms with van der Waals surface area (Å²) in [5.41, 5.74) is 8.87. The third-order valence-electron chi connectivity index (χ3n) is 4.03. The maximum absolute atomic E-state index is 12.5. The zero-order valence-electron chi connectivity index (χ0n) is 14.8. The fourth-order valence-corrected chi connectivity index (χ4v) is 2.60. The quantitative estimate of drug-likeness (QED) is 0.409. The third kappa shape index (κ3) is 5.03. The van der Waals surface area contributed by atoms with Gasteiger partial charge in [-0.3, -0.25) is 9.59 Å². The molecule has 6 nitrogen and oxygen atoms in total. The van der Waals surface area contributed by atoms with Crippen LogP contribution in [0.4, 0.5) is 0 Å². The molecule has 2 aromatic carbocycles. The van der Waals surface area contributed by atoms with Crippen LogP contribution in [-0.2, 0) is 11.2 Å². The number of carbonyl (C=O) groups excluding carboxylic acids is 1. The van der Waals surface area contributed by atoms with Gasteiger partial charge in [0.15, 0.2) is 6.04 Å². The molecule has 140 valence electrons. The summed E-state index contributed by atoms with van der Waals surface area (Å²) in [6.45, 7) is 1.90. The first kappa shape index (κ1) is 20.4. The molecule has 0 radical (unpaired) electrons. The SMILES string of the molecule is Cc1ccc2occ(C=NNC(=O)[C@@H]([NH3+])Cc3ccccc3)c(=O)c2c1.[Cl-]. The van der Waals surface area contributed by atoms with E-state index in [0.29, 0.717) is 17.4 Å². The van der Waals surface area contributed by atoms with Crippen molar-refractivity contribution in [2.75, 3.05) is 0 Å². The van der Waals surface area contributed by atoms with Gasteiger partial charge >= 0.3 is 0 Å². The zero-order chi connectivity index (χ0) is 18.5. The molecule has 0 saturated heterocycles. The second-order valence-corrected chi connectivity index (χ2v) is 6.14. The Hall–Kier alpha value is -2.96. The molecule has 0 saturated carbocycles. The van der Waals surface area contributed by atoms with Crippen molar-refractivity contribution in [3.05, 3.63) is 81.7 Å². The van der Waals surface area contributed by atoms with Gasteiger partial charge in [0.2, 0.25) is 5.43 Å². The number of rotatable bonds is 5. The van der Waals surface area contributed by atoms with E-state index < -0.39 is 6.04 Å². The summed E-state index contributed by atoms with van der Waals surface area (Å²) in [5, 5.41) is 4.36. The lowest BCUT2D eigenvalue weighted by Crippen LogP contribution is -3.00. The van der Waals surface area contributed by atoms with E-state index in [0.717, 1.165) is 11.1 Å². The Labute approximate surface area is 162 Å². The molecule has 3 rings (SSSR count). The molecule has 0 aliphatic carbocycles. The lowest BCUT2D eigenvalue weighted by Gasteiger charge is -2.06. The summed E-state index contributed by atoms with van der Waals surface area (Å²) in [5.74, 6) is -0.314. The van der Waals surface area contributed by atoms with Gasteiger partial charge in [-0.15, -0.1) is 0 Å². The summed E-state index contributed by atoms with van der Waals surface area (Å²) in [7, 11) is 0. The van der Waals surface area contributed by atoms with E-state index in [2.05, 4.69) is 16.3 Å². The number of hydrogen-bond acceptors (Lipinski definition) is 4. The fraction of sp³-hybridized carbons (Fsp3) is 0.150. The minimum Gasteiger partial charge on any atom is -1.00 e. The molecule has 7 heteroatoms. The average molecular weight is 386 g/mol. The van der Waals surface area contributed by atoms with Crippen molar-refractivity contribution in [1.29, 1.82) is 0 Å². The van der Waals surface area contributed by atoms with E-state index >= 15 is 0 Å². The Kier molecular flexibility index (Phi) is 6.87. The molecule has 0 bridgehead atoms. The second-order valence-electron chi connectivity index (χ2n) is 6.14. The monoisotopic (exact) mass is 385 g/mol. The Balaban J connectivity index is 0.00000261. The zero-order valence-corrected chi connectivity index (χ0v) is 15.6. The van der Waals surface area contributed by atoms with E-state index in [1.54, 1.807) is 12.1 Å². The minimum absolute atomic E-state index is 0. The molecular formula is C20H20ClN3O3. The van der Waals surface area contributed by atoms with Crippen molar-refractivity contribution in [1.82, 2.24) is 5.43 Å². The van der Waals surface area contributed by atoms with Crippen LogP contribution in [0.3, 0.4) is 0 Å². The van der Waals surface area contributed by atoms with Gasteiger partial charge in [0, 0.05) is 6.42 Å². The van der Waals surface area contributed by atoms with E-state index in [-0.39, 0.29) is 29.3 Å².